The van der Waals surface area contributed by atoms with Crippen molar-refractivity contribution < 1.29 is 19.1 Å². The van der Waals surface area contributed by atoms with Gasteiger partial charge in [-0.15, -0.1) is 0 Å². The smallest absolute Gasteiger partial charge is 0.306 e. The van der Waals surface area contributed by atoms with E-state index < -0.39 is 0 Å². The van der Waals surface area contributed by atoms with Gasteiger partial charge in [0, 0.05) is 12.8 Å². The Morgan fingerprint density at radius 2 is 1.62 bits per heavy atom. The fourth-order valence-electron chi connectivity index (χ4n) is 4.14. The summed E-state index contributed by atoms with van der Waals surface area (Å²) in [5, 5.41) is 0. The van der Waals surface area contributed by atoms with E-state index in [1.807, 2.05) is 18.2 Å². The number of allylic oxidation sites excluding steroid dienone is 2. The predicted octanol–water partition coefficient (Wildman–Crippen LogP) is 7.48. The molecule has 0 saturated carbocycles. The first-order valence-electron chi connectivity index (χ1n) is 12.8. The maximum atomic E-state index is 12.5. The molecular formula is C28H42O4. The monoisotopic (exact) mass is 442 g/mol. The van der Waals surface area contributed by atoms with Crippen LogP contribution in [0.5, 0.6) is 0 Å². The summed E-state index contributed by atoms with van der Waals surface area (Å²) in [6.45, 7) is 2.64. The lowest BCUT2D eigenvalue weighted by molar-refractivity contribution is -0.150. The number of carbonyl (C=O) groups excluding carboxylic acids is 2. The van der Waals surface area contributed by atoms with E-state index in [9.17, 15) is 9.59 Å². The molecule has 0 fully saturated rings. The zero-order chi connectivity index (χ0) is 22.9. The number of ether oxygens (including phenoxy) is 2. The van der Waals surface area contributed by atoms with Gasteiger partial charge in [-0.3, -0.25) is 9.59 Å². The number of carbonyl (C=O) groups is 2. The Hall–Kier alpha value is -2.10. The summed E-state index contributed by atoms with van der Waals surface area (Å²) < 4.78 is 11.1. The number of esters is 2. The summed E-state index contributed by atoms with van der Waals surface area (Å²) in [6, 6.07) is 10.1. The molecule has 0 bridgehead atoms. The van der Waals surface area contributed by atoms with Gasteiger partial charge in [0.1, 0.15) is 6.10 Å². The maximum absolute atomic E-state index is 12.5. The summed E-state index contributed by atoms with van der Waals surface area (Å²) in [7, 11) is 0. The van der Waals surface area contributed by atoms with Gasteiger partial charge in [-0.1, -0.05) is 81.5 Å². The van der Waals surface area contributed by atoms with Crippen LogP contribution in [0.4, 0.5) is 0 Å². The molecule has 1 aliphatic rings. The predicted molar refractivity (Wildman–Crippen MR) is 129 cm³/mol. The van der Waals surface area contributed by atoms with Crippen LogP contribution in [-0.4, -0.2) is 18.5 Å². The Balaban J connectivity index is 1.59. The van der Waals surface area contributed by atoms with Gasteiger partial charge in [0.05, 0.1) is 6.61 Å². The van der Waals surface area contributed by atoms with Crippen molar-refractivity contribution in [2.75, 3.05) is 6.61 Å². The molecule has 0 heterocycles. The van der Waals surface area contributed by atoms with E-state index >= 15 is 0 Å². The first-order chi connectivity index (χ1) is 15.7. The molecule has 32 heavy (non-hydrogen) atoms. The second kappa shape index (κ2) is 16.5. The van der Waals surface area contributed by atoms with Gasteiger partial charge < -0.3 is 9.47 Å². The molecule has 1 aliphatic carbocycles. The van der Waals surface area contributed by atoms with Crippen molar-refractivity contribution in [1.29, 1.82) is 0 Å². The first kappa shape index (κ1) is 26.2. The summed E-state index contributed by atoms with van der Waals surface area (Å²) in [5.74, 6) is 0.331. The lowest BCUT2D eigenvalue weighted by Crippen LogP contribution is -2.15. The van der Waals surface area contributed by atoms with E-state index in [0.717, 1.165) is 69.8 Å². The van der Waals surface area contributed by atoms with Gasteiger partial charge in [0.2, 0.25) is 0 Å². The largest absolute Gasteiger partial charge is 0.466 e. The van der Waals surface area contributed by atoms with Gasteiger partial charge in [0.15, 0.2) is 0 Å². The van der Waals surface area contributed by atoms with Gasteiger partial charge in [-0.2, -0.15) is 0 Å². The molecule has 0 aliphatic heterocycles. The van der Waals surface area contributed by atoms with E-state index in [4.69, 9.17) is 9.47 Å². The number of benzene rings is 1. The molecule has 178 valence electrons. The molecule has 0 N–H and O–H groups in total. The second-order valence-corrected chi connectivity index (χ2v) is 8.94. The summed E-state index contributed by atoms with van der Waals surface area (Å²) in [4.78, 5) is 24.1. The van der Waals surface area contributed by atoms with E-state index in [2.05, 4.69) is 31.2 Å². The molecule has 1 aromatic carbocycles. The van der Waals surface area contributed by atoms with Crippen LogP contribution in [0, 0.1) is 5.92 Å². The second-order valence-electron chi connectivity index (χ2n) is 8.94. The van der Waals surface area contributed by atoms with Crippen molar-refractivity contribution in [3.05, 3.63) is 48.0 Å². The van der Waals surface area contributed by atoms with Crippen LogP contribution in [0.15, 0.2) is 42.5 Å². The highest BCUT2D eigenvalue weighted by molar-refractivity contribution is 5.69. The molecule has 2 atom stereocenters. The minimum absolute atomic E-state index is 0.0714. The number of hydrogen-bond acceptors (Lipinski definition) is 4. The topological polar surface area (TPSA) is 52.6 Å². The van der Waals surface area contributed by atoms with Crippen molar-refractivity contribution in [3.63, 3.8) is 0 Å². The zero-order valence-electron chi connectivity index (χ0n) is 19.9. The van der Waals surface area contributed by atoms with Crippen molar-refractivity contribution in [1.82, 2.24) is 0 Å². The van der Waals surface area contributed by atoms with Crippen LogP contribution in [0.3, 0.4) is 0 Å². The van der Waals surface area contributed by atoms with Crippen molar-refractivity contribution in [3.8, 4) is 0 Å². The van der Waals surface area contributed by atoms with Gasteiger partial charge >= 0.3 is 11.9 Å². The fraction of sp³-hybridized carbons (Fsp3) is 0.643. The molecule has 0 radical (unpaired) electrons. The highest BCUT2D eigenvalue weighted by Gasteiger charge is 2.21. The summed E-state index contributed by atoms with van der Waals surface area (Å²) in [6.07, 6.45) is 17.8. The van der Waals surface area contributed by atoms with Crippen LogP contribution in [0.25, 0.3) is 0 Å². The molecule has 2 unspecified atom stereocenters. The molecule has 2 rings (SSSR count). The fourth-order valence-corrected chi connectivity index (χ4v) is 4.14. The molecule has 0 spiro atoms. The quantitative estimate of drug-likeness (QED) is 0.151. The third-order valence-corrected chi connectivity index (χ3v) is 6.09. The number of unbranched alkanes of at least 4 members (excludes halogenated alkanes) is 6. The van der Waals surface area contributed by atoms with Crippen molar-refractivity contribution in [2.24, 2.45) is 5.92 Å². The molecule has 0 aromatic heterocycles. The zero-order valence-corrected chi connectivity index (χ0v) is 19.9. The van der Waals surface area contributed by atoms with Crippen LogP contribution < -0.4 is 0 Å². The average molecular weight is 443 g/mol. The third kappa shape index (κ3) is 11.5. The Morgan fingerprint density at radius 1 is 0.938 bits per heavy atom. The first-order valence-corrected chi connectivity index (χ1v) is 12.8. The molecule has 0 amide bonds. The van der Waals surface area contributed by atoms with Gasteiger partial charge in [0.25, 0.3) is 0 Å². The molecular weight excluding hydrogens is 400 g/mol. The lowest BCUT2D eigenvalue weighted by atomic mass is 9.89. The Kier molecular flexibility index (Phi) is 13.5. The minimum Gasteiger partial charge on any atom is -0.466 e. The molecule has 1 aromatic rings. The molecule has 0 saturated heterocycles. The molecule has 4 heteroatoms. The van der Waals surface area contributed by atoms with Gasteiger partial charge in [-0.25, -0.2) is 0 Å². The van der Waals surface area contributed by atoms with Crippen molar-refractivity contribution in [2.45, 2.75) is 103 Å². The van der Waals surface area contributed by atoms with Crippen LogP contribution in [0.2, 0.25) is 0 Å². The molecule has 4 nitrogen and oxygen atoms in total. The highest BCUT2D eigenvalue weighted by atomic mass is 16.5. The maximum Gasteiger partial charge on any atom is 0.306 e. The normalized spacial score (nSPS) is 16.5. The lowest BCUT2D eigenvalue weighted by Gasteiger charge is -2.24. The van der Waals surface area contributed by atoms with E-state index in [0.29, 0.717) is 25.4 Å². The summed E-state index contributed by atoms with van der Waals surface area (Å²) in [5.41, 5.74) is 1.09. The van der Waals surface area contributed by atoms with E-state index in [1.165, 1.54) is 12.8 Å². The minimum atomic E-state index is -0.159. The van der Waals surface area contributed by atoms with Gasteiger partial charge in [-0.05, 0) is 56.4 Å². The SMILES string of the molecule is CCCCOC(=O)CCCCCCCCC(=O)OC(CC1C=CCCC1)c1ccccc1. The number of rotatable bonds is 16. The average Bonchev–Trinajstić information content (AvgIpc) is 2.82. The van der Waals surface area contributed by atoms with Crippen LogP contribution in [-0.2, 0) is 19.1 Å². The van der Waals surface area contributed by atoms with E-state index in [-0.39, 0.29) is 18.0 Å². The third-order valence-electron chi connectivity index (χ3n) is 6.09. The van der Waals surface area contributed by atoms with Crippen molar-refractivity contribution >= 4 is 11.9 Å². The Morgan fingerprint density at radius 3 is 2.28 bits per heavy atom. The Bertz CT molecular complexity index is 667. The van der Waals surface area contributed by atoms with Crippen LogP contribution >= 0.6 is 0 Å². The summed E-state index contributed by atoms with van der Waals surface area (Å²) >= 11 is 0. The van der Waals surface area contributed by atoms with E-state index in [1.54, 1.807) is 0 Å². The number of hydrogen-bond donors (Lipinski definition) is 0. The van der Waals surface area contributed by atoms with Crippen LogP contribution in [0.1, 0.15) is 108 Å². The highest BCUT2D eigenvalue weighted by Crippen LogP contribution is 2.31. The Labute approximate surface area is 194 Å². The standard InChI is InChI=1S/C28H42O4/c1-2-3-22-31-27(29)20-14-6-4-5-7-15-21-28(30)32-26(25-18-12-9-13-19-25)23-24-16-10-8-11-17-24/h9-10,12-13,16,18-19,24,26H,2-8,11,14-15,17,20-23H2,1H3.